The quantitative estimate of drug-likeness (QED) is 0.717. The van der Waals surface area contributed by atoms with Crippen LogP contribution in [0.4, 0.5) is 9.52 Å². The first-order chi connectivity index (χ1) is 11.7. The van der Waals surface area contributed by atoms with Crippen LogP contribution in [-0.4, -0.2) is 15.9 Å². The van der Waals surface area contributed by atoms with Gasteiger partial charge in [0.2, 0.25) is 5.91 Å². The maximum atomic E-state index is 13.2. The molecule has 0 unspecified atom stereocenters. The van der Waals surface area contributed by atoms with Crippen LogP contribution in [0.15, 0.2) is 61.1 Å². The van der Waals surface area contributed by atoms with Crippen molar-refractivity contribution in [2.45, 2.75) is 6.42 Å². The number of hydrogen-bond acceptors (Lipinski definition) is 4. The number of anilines is 1. The molecule has 0 fully saturated rings. The lowest BCUT2D eigenvalue weighted by atomic mass is 10.1. The standard InChI is InChI=1S/C18H14FN3OS/c19-15-5-1-3-14(9-15)10-16-12-21-18(24-16)22-17(23)7-6-13-4-2-8-20-11-13/h1-9,11-12H,10H2,(H,21,22,23)/b7-6+. The third-order valence-corrected chi connectivity index (χ3v) is 4.08. The van der Waals surface area contributed by atoms with Crippen LogP contribution in [0.2, 0.25) is 0 Å². The average molecular weight is 339 g/mol. The van der Waals surface area contributed by atoms with Crippen LogP contribution in [-0.2, 0) is 11.2 Å². The summed E-state index contributed by atoms with van der Waals surface area (Å²) in [6.45, 7) is 0. The summed E-state index contributed by atoms with van der Waals surface area (Å²) in [5, 5.41) is 3.23. The molecular weight excluding hydrogens is 325 g/mol. The summed E-state index contributed by atoms with van der Waals surface area (Å²) in [5.74, 6) is -0.517. The summed E-state index contributed by atoms with van der Waals surface area (Å²) < 4.78 is 13.2. The molecule has 0 saturated carbocycles. The van der Waals surface area contributed by atoms with Crippen molar-refractivity contribution in [1.82, 2.24) is 9.97 Å². The van der Waals surface area contributed by atoms with E-state index in [1.165, 1.54) is 29.5 Å². The largest absolute Gasteiger partial charge is 0.298 e. The van der Waals surface area contributed by atoms with Crippen molar-refractivity contribution < 1.29 is 9.18 Å². The highest BCUT2D eigenvalue weighted by Crippen LogP contribution is 2.21. The number of carbonyl (C=O) groups excluding carboxylic acids is 1. The first-order valence-electron chi connectivity index (χ1n) is 7.27. The van der Waals surface area contributed by atoms with E-state index in [1.54, 1.807) is 36.8 Å². The number of thiazole rings is 1. The third kappa shape index (κ3) is 4.57. The van der Waals surface area contributed by atoms with Crippen LogP contribution >= 0.6 is 11.3 Å². The number of benzene rings is 1. The molecule has 6 heteroatoms. The van der Waals surface area contributed by atoms with E-state index >= 15 is 0 Å². The zero-order valence-corrected chi connectivity index (χ0v) is 13.5. The van der Waals surface area contributed by atoms with Crippen LogP contribution in [0.5, 0.6) is 0 Å². The number of nitrogens with one attached hydrogen (secondary N) is 1. The molecule has 0 aliphatic heterocycles. The Hall–Kier alpha value is -2.86. The van der Waals surface area contributed by atoms with E-state index in [-0.39, 0.29) is 11.7 Å². The number of hydrogen-bond donors (Lipinski definition) is 1. The lowest BCUT2D eigenvalue weighted by Gasteiger charge is -1.98. The Morgan fingerprint density at radius 1 is 1.25 bits per heavy atom. The number of aromatic nitrogens is 2. The van der Waals surface area contributed by atoms with Gasteiger partial charge in [-0.15, -0.1) is 11.3 Å². The highest BCUT2D eigenvalue weighted by atomic mass is 32.1. The van der Waals surface area contributed by atoms with Crippen molar-refractivity contribution in [2.24, 2.45) is 0 Å². The predicted molar refractivity (Wildman–Crippen MR) is 93.2 cm³/mol. The van der Waals surface area contributed by atoms with Crippen LogP contribution in [0, 0.1) is 5.82 Å². The Morgan fingerprint density at radius 2 is 2.17 bits per heavy atom. The van der Waals surface area contributed by atoms with Crippen molar-refractivity contribution in [2.75, 3.05) is 5.32 Å². The molecule has 0 radical (unpaired) electrons. The summed E-state index contributed by atoms with van der Waals surface area (Å²) in [6.07, 6.45) is 8.73. The van der Waals surface area contributed by atoms with E-state index < -0.39 is 0 Å². The van der Waals surface area contributed by atoms with Gasteiger partial charge in [0.25, 0.3) is 0 Å². The molecule has 1 N–H and O–H groups in total. The molecular formula is C18H14FN3OS. The van der Waals surface area contributed by atoms with Gasteiger partial charge in [-0.2, -0.15) is 0 Å². The van der Waals surface area contributed by atoms with Crippen molar-refractivity contribution >= 4 is 28.5 Å². The zero-order valence-electron chi connectivity index (χ0n) is 12.6. The van der Waals surface area contributed by atoms with E-state index in [1.807, 2.05) is 12.1 Å². The fourth-order valence-electron chi connectivity index (χ4n) is 2.09. The molecule has 1 aromatic carbocycles. The molecule has 1 amide bonds. The summed E-state index contributed by atoms with van der Waals surface area (Å²) in [7, 11) is 0. The predicted octanol–water partition coefficient (Wildman–Crippen LogP) is 3.92. The van der Waals surface area contributed by atoms with Gasteiger partial charge in [0.1, 0.15) is 5.82 Å². The highest BCUT2D eigenvalue weighted by Gasteiger charge is 2.06. The Bertz CT molecular complexity index is 861. The van der Waals surface area contributed by atoms with Crippen LogP contribution < -0.4 is 5.32 Å². The molecule has 0 spiro atoms. The minimum absolute atomic E-state index is 0.258. The third-order valence-electron chi connectivity index (χ3n) is 3.16. The van der Waals surface area contributed by atoms with E-state index in [9.17, 15) is 9.18 Å². The van der Waals surface area contributed by atoms with Crippen molar-refractivity contribution in [3.8, 4) is 0 Å². The Balaban J connectivity index is 1.59. The number of carbonyl (C=O) groups is 1. The van der Waals surface area contributed by atoms with Crippen molar-refractivity contribution in [3.05, 3.63) is 82.9 Å². The summed E-state index contributed by atoms with van der Waals surface area (Å²) in [5.41, 5.74) is 1.71. The number of nitrogens with zero attached hydrogens (tertiary/aromatic N) is 2. The lowest BCUT2D eigenvalue weighted by Crippen LogP contribution is -2.07. The van der Waals surface area contributed by atoms with Gasteiger partial charge in [0.05, 0.1) is 0 Å². The number of halogens is 1. The average Bonchev–Trinajstić information content (AvgIpc) is 3.01. The summed E-state index contributed by atoms with van der Waals surface area (Å²) in [6, 6.07) is 10.1. The van der Waals surface area contributed by atoms with Gasteiger partial charge in [0.15, 0.2) is 5.13 Å². The van der Waals surface area contributed by atoms with Crippen molar-refractivity contribution in [1.29, 1.82) is 0 Å². The van der Waals surface area contributed by atoms with E-state index in [2.05, 4.69) is 15.3 Å². The highest BCUT2D eigenvalue weighted by molar-refractivity contribution is 7.15. The molecule has 0 saturated heterocycles. The molecule has 4 nitrogen and oxygen atoms in total. The second kappa shape index (κ2) is 7.61. The Labute approximate surface area is 142 Å². The molecule has 2 aromatic heterocycles. The monoisotopic (exact) mass is 339 g/mol. The molecule has 24 heavy (non-hydrogen) atoms. The van der Waals surface area contributed by atoms with Gasteiger partial charge >= 0.3 is 0 Å². The first-order valence-corrected chi connectivity index (χ1v) is 8.09. The molecule has 2 heterocycles. The fourth-order valence-corrected chi connectivity index (χ4v) is 2.94. The topological polar surface area (TPSA) is 54.9 Å². The Kier molecular flexibility index (Phi) is 5.08. The van der Waals surface area contributed by atoms with Gasteiger partial charge in [-0.05, 0) is 35.4 Å². The molecule has 0 atom stereocenters. The van der Waals surface area contributed by atoms with Gasteiger partial charge < -0.3 is 0 Å². The second-order valence-corrected chi connectivity index (χ2v) is 6.16. The SMILES string of the molecule is O=C(/C=C/c1cccnc1)Nc1ncc(Cc2cccc(F)c2)s1. The number of rotatable bonds is 5. The molecule has 0 aliphatic rings. The Morgan fingerprint density at radius 3 is 2.96 bits per heavy atom. The van der Waals surface area contributed by atoms with E-state index in [0.29, 0.717) is 11.6 Å². The maximum Gasteiger partial charge on any atom is 0.250 e. The van der Waals surface area contributed by atoms with Gasteiger partial charge in [-0.25, -0.2) is 9.37 Å². The van der Waals surface area contributed by atoms with E-state index in [0.717, 1.165) is 16.0 Å². The van der Waals surface area contributed by atoms with Gasteiger partial charge in [-0.1, -0.05) is 18.2 Å². The molecule has 0 aliphatic carbocycles. The normalized spacial score (nSPS) is 10.9. The molecule has 120 valence electrons. The first kappa shape index (κ1) is 16.0. The molecule has 3 rings (SSSR count). The smallest absolute Gasteiger partial charge is 0.250 e. The van der Waals surface area contributed by atoms with E-state index in [4.69, 9.17) is 0 Å². The maximum absolute atomic E-state index is 13.2. The number of pyridine rings is 1. The van der Waals surface area contributed by atoms with Crippen LogP contribution in [0.3, 0.4) is 0 Å². The number of amides is 1. The minimum atomic E-state index is -0.259. The minimum Gasteiger partial charge on any atom is -0.298 e. The van der Waals surface area contributed by atoms with Crippen LogP contribution in [0.25, 0.3) is 6.08 Å². The second-order valence-electron chi connectivity index (χ2n) is 5.05. The van der Waals surface area contributed by atoms with Gasteiger partial charge in [-0.3, -0.25) is 15.1 Å². The van der Waals surface area contributed by atoms with Crippen LogP contribution in [0.1, 0.15) is 16.0 Å². The molecule has 0 bridgehead atoms. The summed E-state index contributed by atoms with van der Waals surface area (Å²) >= 11 is 1.37. The molecule has 3 aromatic rings. The lowest BCUT2D eigenvalue weighted by molar-refractivity contribution is -0.111. The van der Waals surface area contributed by atoms with Gasteiger partial charge in [0, 0.05) is 36.0 Å². The van der Waals surface area contributed by atoms with Crippen molar-refractivity contribution in [3.63, 3.8) is 0 Å². The zero-order chi connectivity index (χ0) is 16.8. The summed E-state index contributed by atoms with van der Waals surface area (Å²) in [4.78, 5) is 21.0. The fraction of sp³-hybridized carbons (Fsp3) is 0.0556.